The van der Waals surface area contributed by atoms with E-state index in [0.29, 0.717) is 4.47 Å². The smallest absolute Gasteiger partial charge is 0.271 e. The lowest BCUT2D eigenvalue weighted by molar-refractivity contribution is -0.384. The Morgan fingerprint density at radius 2 is 2.00 bits per heavy atom. The summed E-state index contributed by atoms with van der Waals surface area (Å²) in [5.41, 5.74) is -0.0484. The molecular weight excluding hydrogens is 422 g/mol. The minimum absolute atomic E-state index is 0.00478. The van der Waals surface area contributed by atoms with E-state index in [2.05, 4.69) is 26.6 Å². The highest BCUT2D eigenvalue weighted by molar-refractivity contribution is 9.10. The lowest BCUT2D eigenvalue weighted by Gasteiger charge is -2.11. The average Bonchev–Trinajstić information content (AvgIpc) is 2.51. The molecule has 0 unspecified atom stereocenters. The highest BCUT2D eigenvalue weighted by atomic mass is 79.9. The summed E-state index contributed by atoms with van der Waals surface area (Å²) in [4.78, 5) is 22.3. The van der Waals surface area contributed by atoms with Crippen LogP contribution in [-0.2, 0) is 0 Å². The number of phenolic OH excluding ortho intramolecular Hbond substituents is 1. The number of aromatic hydroxyl groups is 1. The van der Waals surface area contributed by atoms with Crippen molar-refractivity contribution in [1.29, 1.82) is 0 Å². The molecule has 0 atom stereocenters. The van der Waals surface area contributed by atoms with E-state index in [4.69, 9.17) is 23.8 Å². The van der Waals surface area contributed by atoms with E-state index in [1.807, 2.05) is 0 Å². The molecule has 2 aromatic carbocycles. The van der Waals surface area contributed by atoms with Gasteiger partial charge in [-0.2, -0.15) is 0 Å². The summed E-state index contributed by atoms with van der Waals surface area (Å²) in [6.07, 6.45) is 0. The first-order valence-electron chi connectivity index (χ1n) is 6.32. The van der Waals surface area contributed by atoms with Crippen molar-refractivity contribution in [3.05, 3.63) is 61.6 Å². The van der Waals surface area contributed by atoms with Crippen molar-refractivity contribution in [3.63, 3.8) is 0 Å². The van der Waals surface area contributed by atoms with Crippen LogP contribution in [0.25, 0.3) is 0 Å². The Bertz CT molecular complexity index is 847. The second-order valence-electron chi connectivity index (χ2n) is 4.49. The summed E-state index contributed by atoms with van der Waals surface area (Å²) in [6.45, 7) is 0. The standard InChI is InChI=1S/C14H9BrClN3O4S/c15-7-1-3-10(16)9(5-7)13(21)18-14(24)17-11-6-8(19(22)23)2-4-12(11)20/h1-6,20H,(H2,17,18,21,24). The van der Waals surface area contributed by atoms with Crippen molar-refractivity contribution in [3.8, 4) is 5.75 Å². The third-order valence-electron chi connectivity index (χ3n) is 2.84. The molecule has 10 heteroatoms. The summed E-state index contributed by atoms with van der Waals surface area (Å²) in [5, 5.41) is 25.5. The van der Waals surface area contributed by atoms with Gasteiger partial charge in [0.05, 0.1) is 21.2 Å². The van der Waals surface area contributed by atoms with E-state index in [9.17, 15) is 20.0 Å². The molecule has 0 heterocycles. The number of nitrogens with one attached hydrogen (secondary N) is 2. The zero-order chi connectivity index (χ0) is 17.9. The molecule has 2 aromatic rings. The first-order valence-corrected chi connectivity index (χ1v) is 7.90. The summed E-state index contributed by atoms with van der Waals surface area (Å²) in [6, 6.07) is 8.13. The van der Waals surface area contributed by atoms with Crippen LogP contribution in [-0.4, -0.2) is 21.0 Å². The summed E-state index contributed by atoms with van der Waals surface area (Å²) in [7, 11) is 0. The molecular formula is C14H9BrClN3O4S. The SMILES string of the molecule is O=C(NC(=S)Nc1cc([N+](=O)[O-])ccc1O)c1cc(Br)ccc1Cl. The number of amides is 1. The second kappa shape index (κ2) is 7.56. The monoisotopic (exact) mass is 429 g/mol. The molecule has 0 aromatic heterocycles. The maximum absolute atomic E-state index is 12.2. The van der Waals surface area contributed by atoms with Crippen LogP contribution in [0.5, 0.6) is 5.75 Å². The number of phenols is 1. The van der Waals surface area contributed by atoms with Gasteiger partial charge in [0.25, 0.3) is 11.6 Å². The van der Waals surface area contributed by atoms with Gasteiger partial charge in [-0.3, -0.25) is 20.2 Å². The number of nitro benzene ring substituents is 1. The molecule has 24 heavy (non-hydrogen) atoms. The fourth-order valence-corrected chi connectivity index (χ4v) is 2.50. The van der Waals surface area contributed by atoms with Crippen LogP contribution < -0.4 is 10.6 Å². The first-order chi connectivity index (χ1) is 11.3. The maximum atomic E-state index is 12.2. The van der Waals surface area contributed by atoms with E-state index in [-0.39, 0.29) is 32.8 Å². The molecule has 0 radical (unpaired) electrons. The molecule has 0 saturated carbocycles. The average molecular weight is 431 g/mol. The third-order valence-corrected chi connectivity index (χ3v) is 3.87. The summed E-state index contributed by atoms with van der Waals surface area (Å²) in [5.74, 6) is -0.818. The van der Waals surface area contributed by atoms with Gasteiger partial charge in [-0.15, -0.1) is 0 Å². The van der Waals surface area contributed by atoms with Gasteiger partial charge in [-0.1, -0.05) is 27.5 Å². The van der Waals surface area contributed by atoms with Crippen molar-refractivity contribution in [2.24, 2.45) is 0 Å². The van der Waals surface area contributed by atoms with E-state index < -0.39 is 10.8 Å². The maximum Gasteiger partial charge on any atom is 0.271 e. The molecule has 0 spiro atoms. The normalized spacial score (nSPS) is 10.1. The predicted octanol–water partition coefficient (Wildman–Crippen LogP) is 3.84. The van der Waals surface area contributed by atoms with Gasteiger partial charge >= 0.3 is 0 Å². The van der Waals surface area contributed by atoms with Gasteiger partial charge in [0.15, 0.2) is 5.11 Å². The van der Waals surface area contributed by atoms with Crippen LogP contribution in [0.4, 0.5) is 11.4 Å². The van der Waals surface area contributed by atoms with Gasteiger partial charge < -0.3 is 10.4 Å². The van der Waals surface area contributed by atoms with E-state index in [1.165, 1.54) is 6.07 Å². The Labute approximate surface area is 154 Å². The van der Waals surface area contributed by atoms with Crippen LogP contribution in [0.1, 0.15) is 10.4 Å². The van der Waals surface area contributed by atoms with E-state index in [1.54, 1.807) is 12.1 Å². The Morgan fingerprint density at radius 1 is 1.29 bits per heavy atom. The zero-order valence-electron chi connectivity index (χ0n) is 11.7. The second-order valence-corrected chi connectivity index (χ2v) is 6.22. The van der Waals surface area contributed by atoms with Crippen molar-refractivity contribution >= 4 is 62.1 Å². The van der Waals surface area contributed by atoms with Crippen molar-refractivity contribution in [2.45, 2.75) is 0 Å². The molecule has 0 aliphatic heterocycles. The number of hydrogen-bond donors (Lipinski definition) is 3. The van der Waals surface area contributed by atoms with E-state index in [0.717, 1.165) is 18.2 Å². The Morgan fingerprint density at radius 3 is 2.67 bits per heavy atom. The number of thiocarbonyl (C=S) groups is 1. The van der Waals surface area contributed by atoms with Crippen LogP contribution in [0.15, 0.2) is 40.9 Å². The third kappa shape index (κ3) is 4.40. The fraction of sp³-hybridized carbons (Fsp3) is 0. The lowest BCUT2D eigenvalue weighted by atomic mass is 10.2. The molecule has 0 fully saturated rings. The number of hydrogen-bond acceptors (Lipinski definition) is 5. The number of non-ortho nitro benzene ring substituents is 1. The lowest BCUT2D eigenvalue weighted by Crippen LogP contribution is -2.34. The zero-order valence-corrected chi connectivity index (χ0v) is 14.9. The topological polar surface area (TPSA) is 104 Å². The highest BCUT2D eigenvalue weighted by Crippen LogP contribution is 2.27. The fourth-order valence-electron chi connectivity index (χ4n) is 1.73. The summed E-state index contributed by atoms with van der Waals surface area (Å²) >= 11 is 14.2. The highest BCUT2D eigenvalue weighted by Gasteiger charge is 2.15. The quantitative estimate of drug-likeness (QED) is 0.296. The minimum atomic E-state index is -0.618. The van der Waals surface area contributed by atoms with Gasteiger partial charge in [-0.05, 0) is 36.5 Å². The van der Waals surface area contributed by atoms with Gasteiger partial charge in [-0.25, -0.2) is 0 Å². The predicted molar refractivity (Wildman–Crippen MR) is 97.6 cm³/mol. The molecule has 124 valence electrons. The molecule has 1 amide bonds. The Kier molecular flexibility index (Phi) is 5.71. The number of anilines is 1. The number of rotatable bonds is 3. The Hall–Kier alpha value is -2.23. The molecule has 0 bridgehead atoms. The number of carbonyl (C=O) groups is 1. The summed E-state index contributed by atoms with van der Waals surface area (Å²) < 4.78 is 0.659. The van der Waals surface area contributed by atoms with Crippen LogP contribution in [0.3, 0.4) is 0 Å². The number of nitro groups is 1. The molecule has 0 aliphatic rings. The first kappa shape index (κ1) is 18.1. The molecule has 2 rings (SSSR count). The van der Waals surface area contributed by atoms with Crippen LogP contribution >= 0.6 is 39.7 Å². The molecule has 3 N–H and O–H groups in total. The Balaban J connectivity index is 2.13. The molecule has 7 nitrogen and oxygen atoms in total. The largest absolute Gasteiger partial charge is 0.506 e. The van der Waals surface area contributed by atoms with Gasteiger partial charge in [0.1, 0.15) is 5.75 Å². The number of carbonyl (C=O) groups excluding carboxylic acids is 1. The van der Waals surface area contributed by atoms with Crippen molar-refractivity contribution < 1.29 is 14.8 Å². The van der Waals surface area contributed by atoms with Crippen molar-refractivity contribution in [2.75, 3.05) is 5.32 Å². The molecule has 0 aliphatic carbocycles. The van der Waals surface area contributed by atoms with Crippen LogP contribution in [0.2, 0.25) is 5.02 Å². The number of halogens is 2. The van der Waals surface area contributed by atoms with Gasteiger partial charge in [0.2, 0.25) is 0 Å². The van der Waals surface area contributed by atoms with Gasteiger partial charge in [0, 0.05) is 16.6 Å². The number of nitrogens with zero attached hydrogens (tertiary/aromatic N) is 1. The van der Waals surface area contributed by atoms with Crippen LogP contribution in [0, 0.1) is 10.1 Å². The minimum Gasteiger partial charge on any atom is -0.506 e. The molecule has 0 saturated heterocycles. The number of benzene rings is 2. The van der Waals surface area contributed by atoms with Crippen molar-refractivity contribution in [1.82, 2.24) is 5.32 Å². The van der Waals surface area contributed by atoms with E-state index >= 15 is 0 Å².